The molecule has 0 radical (unpaired) electrons. The monoisotopic (exact) mass is 636 g/mol. The van der Waals surface area contributed by atoms with E-state index in [-0.39, 0.29) is 44.2 Å². The van der Waals surface area contributed by atoms with E-state index in [0.717, 1.165) is 12.5 Å². The van der Waals surface area contributed by atoms with E-state index in [1.54, 1.807) is 31.2 Å². The maximum absolute atomic E-state index is 14.0. The van der Waals surface area contributed by atoms with Crippen molar-refractivity contribution >= 4 is 60.4 Å². The number of rotatable bonds is 8. The molecule has 1 unspecified atom stereocenters. The third-order valence-electron chi connectivity index (χ3n) is 7.66. The first-order valence-electron chi connectivity index (χ1n) is 13.9. The fourth-order valence-corrected chi connectivity index (χ4v) is 7.52. The van der Waals surface area contributed by atoms with Crippen molar-refractivity contribution in [3.63, 3.8) is 0 Å². The van der Waals surface area contributed by atoms with Gasteiger partial charge in [0.05, 0.1) is 21.7 Å². The van der Waals surface area contributed by atoms with E-state index < -0.39 is 31.2 Å². The number of sulfonamides is 2. The second-order valence-electron chi connectivity index (χ2n) is 11.4. The molecular formula is C31H32N4O7S2. The molecule has 4 N–H and O–H groups in total. The van der Waals surface area contributed by atoms with E-state index in [0.29, 0.717) is 29.2 Å². The van der Waals surface area contributed by atoms with E-state index in [4.69, 9.17) is 0 Å². The summed E-state index contributed by atoms with van der Waals surface area (Å²) in [7, 11) is -8.55. The highest BCUT2D eigenvalue weighted by atomic mass is 32.2. The lowest BCUT2D eigenvalue weighted by molar-refractivity contribution is -0.120. The number of nitrogens with one attached hydrogen (secondary N) is 3. The molecule has 0 saturated heterocycles. The second kappa shape index (κ2) is 11.2. The summed E-state index contributed by atoms with van der Waals surface area (Å²) in [5.41, 5.74) is 0.274. The van der Waals surface area contributed by atoms with Crippen molar-refractivity contribution in [3.05, 3.63) is 83.4 Å². The van der Waals surface area contributed by atoms with Crippen LogP contribution in [-0.4, -0.2) is 39.5 Å². The molecular weight excluding hydrogens is 604 g/mol. The molecule has 3 aromatic carbocycles. The van der Waals surface area contributed by atoms with Gasteiger partial charge in [-0.25, -0.2) is 8.42 Å². The number of amidine groups is 1. The Morgan fingerprint density at radius 3 is 2.36 bits per heavy atom. The average Bonchev–Trinajstić information content (AvgIpc) is 2.95. The number of hydrogen-bond acceptors (Lipinski definition) is 8. The molecule has 3 aromatic rings. The molecule has 2 aliphatic rings. The smallest absolute Gasteiger partial charge is 0.286 e. The number of carbonyl (C=O) groups excluding carboxylic acids is 2. The predicted octanol–water partition coefficient (Wildman–Crippen LogP) is 5.20. The number of ketones is 1. The normalized spacial score (nSPS) is 19.0. The number of anilines is 3. The molecule has 11 nitrogen and oxygen atoms in total. The van der Waals surface area contributed by atoms with E-state index in [1.165, 1.54) is 43.3 Å². The number of amides is 1. The molecule has 5 rings (SSSR count). The van der Waals surface area contributed by atoms with Gasteiger partial charge >= 0.3 is 0 Å². The molecule has 0 saturated carbocycles. The van der Waals surface area contributed by atoms with Gasteiger partial charge in [-0.1, -0.05) is 38.1 Å². The van der Waals surface area contributed by atoms with Crippen molar-refractivity contribution in [1.29, 1.82) is 0 Å². The minimum atomic E-state index is -4.43. The summed E-state index contributed by atoms with van der Waals surface area (Å²) in [5.74, 6) is -1.13. The molecule has 13 heteroatoms. The number of benzene rings is 3. The Bertz CT molecular complexity index is 1970. The third-order valence-corrected chi connectivity index (χ3v) is 10.4. The van der Waals surface area contributed by atoms with Crippen molar-refractivity contribution in [2.75, 3.05) is 15.4 Å². The summed E-state index contributed by atoms with van der Waals surface area (Å²) < 4.78 is 59.0. The highest BCUT2D eigenvalue weighted by molar-refractivity contribution is 7.92. The highest BCUT2D eigenvalue weighted by Gasteiger charge is 2.46. The number of carbonyl (C=O) groups is 2. The standard InChI is InChI=1S/C31H32N4O7S2/c1-18(2)15-16-31(4)24-8-6-5-7-23(24)28(37)27(29(31)38)30-33-25-14-11-21(17-26(25)44(41,42)35-30)34-43(39,40)22-12-9-20(10-13-22)32-19(3)36/h5-14,17-18,34,37H,15-16H2,1-4H3,(H,32,36)(H,33,35). The van der Waals surface area contributed by atoms with Gasteiger partial charge in [0, 0.05) is 18.2 Å². The molecule has 1 aliphatic carbocycles. The average molecular weight is 637 g/mol. The van der Waals surface area contributed by atoms with Crippen LogP contribution in [0.3, 0.4) is 0 Å². The first-order chi connectivity index (χ1) is 20.6. The van der Waals surface area contributed by atoms with Crippen LogP contribution in [0.5, 0.6) is 0 Å². The molecule has 1 aliphatic heterocycles. The minimum absolute atomic E-state index is 0.0373. The fourth-order valence-electron chi connectivity index (χ4n) is 5.32. The Balaban J connectivity index is 1.48. The van der Waals surface area contributed by atoms with Gasteiger partial charge in [-0.05, 0) is 73.7 Å². The predicted molar refractivity (Wildman–Crippen MR) is 169 cm³/mol. The van der Waals surface area contributed by atoms with Crippen LogP contribution < -0.4 is 15.4 Å². The number of fused-ring (bicyclic) bond motifs is 2. The van der Waals surface area contributed by atoms with Gasteiger partial charge in [-0.3, -0.25) is 14.3 Å². The van der Waals surface area contributed by atoms with Crippen LogP contribution in [-0.2, 0) is 35.1 Å². The zero-order valence-corrected chi connectivity index (χ0v) is 26.1. The van der Waals surface area contributed by atoms with Crippen LogP contribution in [0.25, 0.3) is 5.76 Å². The maximum Gasteiger partial charge on any atom is 0.286 e. The quantitative estimate of drug-likeness (QED) is 0.261. The lowest BCUT2D eigenvalue weighted by Crippen LogP contribution is -2.42. The van der Waals surface area contributed by atoms with E-state index >= 15 is 0 Å². The van der Waals surface area contributed by atoms with Gasteiger partial charge in [0.1, 0.15) is 16.2 Å². The van der Waals surface area contributed by atoms with Crippen molar-refractivity contribution in [3.8, 4) is 0 Å². The topological polar surface area (TPSA) is 171 Å². The lowest BCUT2D eigenvalue weighted by atomic mass is 9.66. The maximum atomic E-state index is 14.0. The van der Waals surface area contributed by atoms with Gasteiger partial charge in [0.15, 0.2) is 11.6 Å². The first-order valence-corrected chi connectivity index (χ1v) is 16.8. The van der Waals surface area contributed by atoms with Gasteiger partial charge in [-0.15, -0.1) is 4.40 Å². The molecule has 230 valence electrons. The Morgan fingerprint density at radius 1 is 1.05 bits per heavy atom. The highest BCUT2D eigenvalue weighted by Crippen LogP contribution is 2.44. The fraction of sp³-hybridized carbons (Fsp3) is 0.258. The Kier molecular flexibility index (Phi) is 7.89. The SMILES string of the molecule is CC(=O)Nc1ccc(S(=O)(=O)Nc2ccc3c(c2)S(=O)(=O)N=C(C2=C(O)c4ccccc4C(C)(CCC(C)C)C2=O)N3)cc1. The summed E-state index contributed by atoms with van der Waals surface area (Å²) in [6.07, 6.45) is 1.21. The van der Waals surface area contributed by atoms with Gasteiger partial charge < -0.3 is 15.7 Å². The Labute approximate surface area is 256 Å². The Hall–Kier alpha value is -4.49. The number of aliphatic hydroxyl groups is 1. The van der Waals surface area contributed by atoms with Crippen molar-refractivity contribution in [1.82, 2.24) is 0 Å². The van der Waals surface area contributed by atoms with Crippen molar-refractivity contribution < 1.29 is 31.5 Å². The van der Waals surface area contributed by atoms with E-state index in [2.05, 4.69) is 19.8 Å². The van der Waals surface area contributed by atoms with Gasteiger partial charge in [-0.2, -0.15) is 8.42 Å². The van der Waals surface area contributed by atoms with E-state index in [9.17, 15) is 31.5 Å². The molecule has 0 fully saturated rings. The summed E-state index contributed by atoms with van der Waals surface area (Å²) in [6, 6.07) is 16.3. The van der Waals surface area contributed by atoms with Gasteiger partial charge in [0.2, 0.25) is 5.91 Å². The number of hydrogen-bond donors (Lipinski definition) is 4. The van der Waals surface area contributed by atoms with Crippen LogP contribution in [0.15, 0.2) is 86.5 Å². The Morgan fingerprint density at radius 2 is 1.70 bits per heavy atom. The molecule has 0 bridgehead atoms. The number of nitrogens with zero attached hydrogens (tertiary/aromatic N) is 1. The summed E-state index contributed by atoms with van der Waals surface area (Å²) in [6.45, 7) is 7.21. The lowest BCUT2D eigenvalue weighted by Gasteiger charge is -2.36. The first kappa shape index (κ1) is 31.0. The van der Waals surface area contributed by atoms with Crippen molar-refractivity contribution in [2.24, 2.45) is 10.3 Å². The zero-order valence-electron chi connectivity index (χ0n) is 24.5. The van der Waals surface area contributed by atoms with Crippen LogP contribution in [0.1, 0.15) is 51.7 Å². The second-order valence-corrected chi connectivity index (χ2v) is 14.7. The molecule has 1 heterocycles. The van der Waals surface area contributed by atoms with Crippen LogP contribution >= 0.6 is 0 Å². The van der Waals surface area contributed by atoms with Crippen LogP contribution in [0.4, 0.5) is 17.1 Å². The zero-order chi connectivity index (χ0) is 32.0. The molecule has 0 aromatic heterocycles. The van der Waals surface area contributed by atoms with Crippen LogP contribution in [0, 0.1) is 5.92 Å². The molecule has 0 spiro atoms. The number of Topliss-reactive ketones (excluding diaryl/α,β-unsaturated/α-hetero) is 1. The summed E-state index contributed by atoms with van der Waals surface area (Å²) >= 11 is 0. The number of aliphatic hydroxyl groups excluding tert-OH is 1. The summed E-state index contributed by atoms with van der Waals surface area (Å²) in [4.78, 5) is 24.9. The van der Waals surface area contributed by atoms with E-state index in [1.807, 2.05) is 13.8 Å². The summed E-state index contributed by atoms with van der Waals surface area (Å²) in [5, 5.41) is 16.7. The third kappa shape index (κ3) is 5.72. The largest absolute Gasteiger partial charge is 0.506 e. The minimum Gasteiger partial charge on any atom is -0.506 e. The molecule has 1 amide bonds. The molecule has 44 heavy (non-hydrogen) atoms. The van der Waals surface area contributed by atoms with Gasteiger partial charge in [0.25, 0.3) is 20.0 Å². The molecule has 1 atom stereocenters. The van der Waals surface area contributed by atoms with Crippen molar-refractivity contribution in [2.45, 2.75) is 55.7 Å². The van der Waals surface area contributed by atoms with Crippen LogP contribution in [0.2, 0.25) is 0 Å².